The minimum Gasteiger partial charge on any atom is -0.326 e. The number of piperidine rings is 1. The molecule has 1 aliphatic heterocycles. The molecule has 3 atom stereocenters. The smallest absolute Gasteiger partial charge is 0.258 e. The van der Waals surface area contributed by atoms with Crippen LogP contribution in [0.15, 0.2) is 53.5 Å². The van der Waals surface area contributed by atoms with E-state index in [0.29, 0.717) is 40.2 Å². The van der Waals surface area contributed by atoms with Crippen LogP contribution < -0.4 is 21.3 Å². The zero-order chi connectivity index (χ0) is 23.9. The first kappa shape index (κ1) is 24.6. The van der Waals surface area contributed by atoms with Crippen LogP contribution in [0.1, 0.15) is 49.4 Å². The van der Waals surface area contributed by atoms with Gasteiger partial charge in [0.05, 0.1) is 6.04 Å². The Kier molecular flexibility index (Phi) is 8.53. The predicted molar refractivity (Wildman–Crippen MR) is 136 cm³/mol. The van der Waals surface area contributed by atoms with Gasteiger partial charge in [-0.3, -0.25) is 10.1 Å². The number of aliphatic imine (C=N–C) groups is 1. The number of hydrogen-bond acceptors (Lipinski definition) is 4. The van der Waals surface area contributed by atoms with Crippen molar-refractivity contribution in [3.05, 3.63) is 64.9 Å². The van der Waals surface area contributed by atoms with Gasteiger partial charge in [-0.1, -0.05) is 24.6 Å². The maximum Gasteiger partial charge on any atom is 0.258 e. The van der Waals surface area contributed by atoms with Crippen molar-refractivity contribution in [3.63, 3.8) is 0 Å². The second-order valence-corrected chi connectivity index (χ2v) is 9.75. The average molecular weight is 486 g/mol. The topological polar surface area (TPSA) is 77.5 Å². The molecule has 6 nitrogen and oxygen atoms in total. The molecule has 2 fully saturated rings. The van der Waals surface area contributed by atoms with E-state index in [2.05, 4.69) is 28.2 Å². The fraction of sp³-hybridized carbons (Fsp3) is 0.462. The molecule has 1 saturated carbocycles. The molecule has 2 aromatic carbocycles. The minimum absolute atomic E-state index is 0.0867. The van der Waals surface area contributed by atoms with Crippen LogP contribution in [0.25, 0.3) is 0 Å². The fourth-order valence-electron chi connectivity index (χ4n) is 4.78. The van der Waals surface area contributed by atoms with Crippen LogP contribution in [-0.2, 0) is 0 Å². The summed E-state index contributed by atoms with van der Waals surface area (Å²) in [6.07, 6.45) is 5.27. The van der Waals surface area contributed by atoms with E-state index in [1.54, 1.807) is 36.4 Å². The van der Waals surface area contributed by atoms with E-state index in [1.807, 2.05) is 0 Å². The number of hydrogen-bond donors (Lipinski definition) is 4. The van der Waals surface area contributed by atoms with Crippen molar-refractivity contribution in [2.24, 2.45) is 10.9 Å². The summed E-state index contributed by atoms with van der Waals surface area (Å²) in [7, 11) is 0. The summed E-state index contributed by atoms with van der Waals surface area (Å²) < 4.78 is 13.4. The summed E-state index contributed by atoms with van der Waals surface area (Å²) in [5.74, 6) is 0.220. The molecule has 2 aliphatic rings. The SMILES string of the molecule is CC1CC(N=C(NC(=O)c2cccc(Cl)c2)Nc2ccc(F)cc2)CCC1NC1CCNCC1. The van der Waals surface area contributed by atoms with Gasteiger partial charge in [-0.05, 0) is 93.6 Å². The monoisotopic (exact) mass is 485 g/mol. The molecule has 1 heterocycles. The summed E-state index contributed by atoms with van der Waals surface area (Å²) in [5.41, 5.74) is 1.10. The highest BCUT2D eigenvalue weighted by molar-refractivity contribution is 6.31. The van der Waals surface area contributed by atoms with Gasteiger partial charge in [-0.15, -0.1) is 0 Å². The summed E-state index contributed by atoms with van der Waals surface area (Å²) in [6.45, 7) is 4.44. The standard InChI is InChI=1S/C26H33ClFN5O/c1-17-15-23(9-10-24(17)30-22-11-13-29-14-12-22)32-26(31-21-7-5-20(28)6-8-21)33-25(34)18-3-2-4-19(27)16-18/h2-8,16-17,22-24,29-30H,9-15H2,1H3,(H2,31,32,33,34). The fourth-order valence-corrected chi connectivity index (χ4v) is 4.97. The van der Waals surface area contributed by atoms with E-state index in [-0.39, 0.29) is 17.8 Å². The molecule has 34 heavy (non-hydrogen) atoms. The van der Waals surface area contributed by atoms with Crippen LogP contribution >= 0.6 is 11.6 Å². The van der Waals surface area contributed by atoms with E-state index < -0.39 is 0 Å². The van der Waals surface area contributed by atoms with Gasteiger partial charge in [-0.2, -0.15) is 0 Å². The summed E-state index contributed by atoms with van der Waals surface area (Å²) in [4.78, 5) is 17.7. The third-order valence-corrected chi connectivity index (χ3v) is 6.90. The number of carbonyl (C=O) groups is 1. The average Bonchev–Trinajstić information content (AvgIpc) is 2.83. The van der Waals surface area contributed by atoms with Gasteiger partial charge in [0.1, 0.15) is 5.82 Å². The number of guanidine groups is 1. The molecule has 0 aromatic heterocycles. The molecule has 0 radical (unpaired) electrons. The molecular weight excluding hydrogens is 453 g/mol. The van der Waals surface area contributed by atoms with Crippen LogP contribution in [0.5, 0.6) is 0 Å². The van der Waals surface area contributed by atoms with Crippen molar-refractivity contribution in [1.82, 2.24) is 16.0 Å². The van der Waals surface area contributed by atoms with Crippen LogP contribution in [0.4, 0.5) is 10.1 Å². The molecule has 1 amide bonds. The third kappa shape index (κ3) is 7.01. The summed E-state index contributed by atoms with van der Waals surface area (Å²) in [5, 5.41) is 13.8. The molecule has 8 heteroatoms. The number of rotatable bonds is 5. The maximum atomic E-state index is 13.4. The molecule has 3 unspecified atom stereocenters. The van der Waals surface area contributed by atoms with Crippen LogP contribution in [0, 0.1) is 11.7 Å². The van der Waals surface area contributed by atoms with Crippen molar-refractivity contribution in [1.29, 1.82) is 0 Å². The number of nitrogens with zero attached hydrogens (tertiary/aromatic N) is 1. The Morgan fingerprint density at radius 2 is 1.85 bits per heavy atom. The first-order valence-electron chi connectivity index (χ1n) is 12.1. The van der Waals surface area contributed by atoms with Gasteiger partial charge < -0.3 is 16.0 Å². The summed E-state index contributed by atoms with van der Waals surface area (Å²) >= 11 is 6.05. The van der Waals surface area contributed by atoms with Crippen molar-refractivity contribution in [3.8, 4) is 0 Å². The Labute approximate surface area is 205 Å². The lowest BCUT2D eigenvalue weighted by Gasteiger charge is -2.37. The zero-order valence-corrected chi connectivity index (χ0v) is 20.2. The van der Waals surface area contributed by atoms with Crippen LogP contribution in [0.2, 0.25) is 5.02 Å². The molecule has 1 saturated heterocycles. The predicted octanol–water partition coefficient (Wildman–Crippen LogP) is 4.58. The van der Waals surface area contributed by atoms with Gasteiger partial charge in [0.2, 0.25) is 5.96 Å². The lowest BCUT2D eigenvalue weighted by atomic mass is 9.82. The third-order valence-electron chi connectivity index (χ3n) is 6.67. The van der Waals surface area contributed by atoms with Crippen LogP contribution in [0.3, 0.4) is 0 Å². The number of carbonyl (C=O) groups excluding carboxylic acids is 1. The lowest BCUT2D eigenvalue weighted by molar-refractivity contribution is 0.0976. The first-order chi connectivity index (χ1) is 16.5. The second kappa shape index (κ2) is 11.8. The Morgan fingerprint density at radius 1 is 1.09 bits per heavy atom. The Balaban J connectivity index is 1.44. The second-order valence-electron chi connectivity index (χ2n) is 9.32. The van der Waals surface area contributed by atoms with Crippen molar-refractivity contribution >= 4 is 29.2 Å². The van der Waals surface area contributed by atoms with Gasteiger partial charge in [0.25, 0.3) is 5.91 Å². The normalized spacial score (nSPS) is 24.0. The number of benzene rings is 2. The van der Waals surface area contributed by atoms with Gasteiger partial charge in [-0.25, -0.2) is 9.38 Å². The number of amides is 1. The van der Waals surface area contributed by atoms with E-state index >= 15 is 0 Å². The highest BCUT2D eigenvalue weighted by atomic mass is 35.5. The van der Waals surface area contributed by atoms with E-state index in [0.717, 1.165) is 32.4 Å². The van der Waals surface area contributed by atoms with Gasteiger partial charge >= 0.3 is 0 Å². The minimum atomic E-state index is -0.319. The Hall–Kier alpha value is -2.48. The molecule has 4 N–H and O–H groups in total. The highest BCUT2D eigenvalue weighted by Crippen LogP contribution is 2.28. The van der Waals surface area contributed by atoms with Gasteiger partial charge in [0.15, 0.2) is 0 Å². The molecule has 182 valence electrons. The molecular formula is C26H33ClFN5O. The molecule has 2 aromatic rings. The summed E-state index contributed by atoms with van der Waals surface area (Å²) in [6, 6.07) is 13.9. The maximum absolute atomic E-state index is 13.4. The number of nitrogens with one attached hydrogen (secondary N) is 4. The molecule has 0 bridgehead atoms. The van der Waals surface area contributed by atoms with E-state index in [1.165, 1.54) is 25.0 Å². The van der Waals surface area contributed by atoms with Crippen LogP contribution in [-0.4, -0.2) is 43.1 Å². The lowest BCUT2D eigenvalue weighted by Crippen LogP contribution is -2.49. The number of halogens is 2. The van der Waals surface area contributed by atoms with E-state index in [9.17, 15) is 9.18 Å². The van der Waals surface area contributed by atoms with Crippen molar-refractivity contribution < 1.29 is 9.18 Å². The Bertz CT molecular complexity index is 993. The zero-order valence-electron chi connectivity index (χ0n) is 19.5. The quantitative estimate of drug-likeness (QED) is 0.369. The van der Waals surface area contributed by atoms with Crippen molar-refractivity contribution in [2.45, 2.75) is 57.2 Å². The molecule has 0 spiro atoms. The Morgan fingerprint density at radius 3 is 2.56 bits per heavy atom. The van der Waals surface area contributed by atoms with Gasteiger partial charge in [0, 0.05) is 28.4 Å². The van der Waals surface area contributed by atoms with Crippen molar-refractivity contribution in [2.75, 3.05) is 18.4 Å². The molecule has 1 aliphatic carbocycles. The largest absolute Gasteiger partial charge is 0.326 e. The number of anilines is 1. The highest BCUT2D eigenvalue weighted by Gasteiger charge is 2.29. The molecule has 4 rings (SSSR count). The first-order valence-corrected chi connectivity index (χ1v) is 12.5. The van der Waals surface area contributed by atoms with E-state index in [4.69, 9.17) is 16.6 Å².